The van der Waals surface area contributed by atoms with Gasteiger partial charge < -0.3 is 20.3 Å². The van der Waals surface area contributed by atoms with Crippen LogP contribution >= 0.6 is 0 Å². The number of allylic oxidation sites excluding steroid dienone is 5. The van der Waals surface area contributed by atoms with Crippen molar-refractivity contribution < 1.29 is 24.5 Å². The van der Waals surface area contributed by atoms with Crippen LogP contribution < -0.4 is 5.32 Å². The fraction of sp³-hybridized carbons (Fsp3) is 0.869. The van der Waals surface area contributed by atoms with E-state index in [1.807, 2.05) is 6.08 Å². The second-order valence-electron chi connectivity index (χ2n) is 20.3. The molecular weight excluding hydrogens is 827 g/mol. The topological polar surface area (TPSA) is 95.9 Å². The Morgan fingerprint density at radius 1 is 0.418 bits per heavy atom. The normalized spacial score (nSPS) is 12.8. The molecule has 6 nitrogen and oxygen atoms in total. The highest BCUT2D eigenvalue weighted by Gasteiger charge is 2.18. The van der Waals surface area contributed by atoms with Crippen molar-refractivity contribution in [2.24, 2.45) is 0 Å². The van der Waals surface area contributed by atoms with Gasteiger partial charge in [0.15, 0.2) is 0 Å². The average molecular weight is 943 g/mol. The van der Waals surface area contributed by atoms with Crippen LogP contribution in [0.25, 0.3) is 0 Å². The third kappa shape index (κ3) is 53.3. The van der Waals surface area contributed by atoms with E-state index in [1.165, 1.54) is 225 Å². The van der Waals surface area contributed by atoms with Crippen LogP contribution in [0, 0.1) is 0 Å². The molecule has 0 heterocycles. The largest absolute Gasteiger partial charge is 0.466 e. The van der Waals surface area contributed by atoms with Crippen LogP contribution in [-0.4, -0.2) is 47.4 Å². The summed E-state index contributed by atoms with van der Waals surface area (Å²) < 4.78 is 5.47. The Balaban J connectivity index is 3.50. The Morgan fingerprint density at radius 3 is 1.16 bits per heavy atom. The molecule has 0 saturated carbocycles. The molecule has 0 bridgehead atoms. The van der Waals surface area contributed by atoms with Crippen molar-refractivity contribution >= 4 is 11.9 Å². The lowest BCUT2D eigenvalue weighted by Crippen LogP contribution is -2.45. The van der Waals surface area contributed by atoms with Crippen LogP contribution in [0.4, 0.5) is 0 Å². The highest BCUT2D eigenvalue weighted by atomic mass is 16.5. The van der Waals surface area contributed by atoms with Crippen molar-refractivity contribution in [1.82, 2.24) is 5.32 Å². The molecule has 0 saturated heterocycles. The number of rotatable bonds is 55. The number of nitrogens with one attached hydrogen (secondary N) is 1. The van der Waals surface area contributed by atoms with Gasteiger partial charge in [0.2, 0.25) is 5.91 Å². The summed E-state index contributed by atoms with van der Waals surface area (Å²) in [4.78, 5) is 24.6. The highest BCUT2D eigenvalue weighted by Crippen LogP contribution is 2.17. The summed E-state index contributed by atoms with van der Waals surface area (Å²) in [5, 5.41) is 23.2. The molecule has 0 aromatic carbocycles. The first-order chi connectivity index (χ1) is 33.0. The Bertz CT molecular complexity index is 1090. The van der Waals surface area contributed by atoms with E-state index in [0.717, 1.165) is 64.2 Å². The average Bonchev–Trinajstić information content (AvgIpc) is 3.33. The Kier molecular flexibility index (Phi) is 55.0. The van der Waals surface area contributed by atoms with Crippen molar-refractivity contribution in [3.05, 3.63) is 36.5 Å². The lowest BCUT2D eigenvalue weighted by atomic mass is 10.0. The molecule has 0 aliphatic heterocycles. The molecule has 6 heteroatoms. The molecule has 0 rings (SSSR count). The van der Waals surface area contributed by atoms with E-state index >= 15 is 0 Å². The standard InChI is InChI=1S/C61H115NO5/c1-3-5-7-9-11-13-15-17-19-21-22-23-24-25-27-28-30-33-37-41-45-49-53-59(64)58(57-63)62-60(65)54-50-46-42-38-34-32-36-40-44-48-52-56-67-61(66)55-51-47-43-39-35-31-29-26-20-18-16-14-12-10-8-6-4-2/h12,14,18,20,49,53,58-59,63-64H,3-11,13,15-17,19,21-48,50-52,54-57H2,1-2H3,(H,62,65)/b14-12-,20-18-,53-49+. The van der Waals surface area contributed by atoms with Gasteiger partial charge in [0, 0.05) is 12.8 Å². The molecule has 0 aliphatic carbocycles. The fourth-order valence-corrected chi connectivity index (χ4v) is 9.08. The predicted molar refractivity (Wildman–Crippen MR) is 292 cm³/mol. The van der Waals surface area contributed by atoms with Gasteiger partial charge in [-0.25, -0.2) is 0 Å². The minimum absolute atomic E-state index is 0.0227. The van der Waals surface area contributed by atoms with E-state index in [2.05, 4.69) is 43.5 Å². The number of hydrogen-bond donors (Lipinski definition) is 3. The first-order valence-corrected chi connectivity index (χ1v) is 29.8. The van der Waals surface area contributed by atoms with Gasteiger partial charge >= 0.3 is 5.97 Å². The fourth-order valence-electron chi connectivity index (χ4n) is 9.08. The molecule has 0 aromatic heterocycles. The minimum atomic E-state index is -0.859. The first-order valence-electron chi connectivity index (χ1n) is 29.8. The zero-order valence-corrected chi connectivity index (χ0v) is 44.9. The molecule has 0 radical (unpaired) electrons. The molecule has 1 amide bonds. The summed E-state index contributed by atoms with van der Waals surface area (Å²) in [7, 11) is 0. The molecule has 3 N–H and O–H groups in total. The predicted octanol–water partition coefficient (Wildman–Crippen LogP) is 18.4. The van der Waals surface area contributed by atoms with Gasteiger partial charge in [0.1, 0.15) is 0 Å². The number of esters is 1. The number of aliphatic hydroxyl groups excluding tert-OH is 2. The monoisotopic (exact) mass is 942 g/mol. The number of hydrogen-bond acceptors (Lipinski definition) is 5. The summed E-state index contributed by atoms with van der Waals surface area (Å²) in [5.41, 5.74) is 0. The number of ether oxygens (including phenoxy) is 1. The van der Waals surface area contributed by atoms with Crippen molar-refractivity contribution in [2.75, 3.05) is 13.2 Å². The van der Waals surface area contributed by atoms with Gasteiger partial charge in [0.25, 0.3) is 0 Å². The van der Waals surface area contributed by atoms with Crippen LogP contribution in [-0.2, 0) is 14.3 Å². The zero-order valence-electron chi connectivity index (χ0n) is 44.9. The van der Waals surface area contributed by atoms with Crippen molar-refractivity contribution in [2.45, 2.75) is 328 Å². The van der Waals surface area contributed by atoms with E-state index < -0.39 is 12.1 Å². The number of amides is 1. The summed E-state index contributed by atoms with van der Waals surface area (Å²) in [6.07, 6.45) is 70.2. The molecule has 0 aromatic rings. The molecule has 0 spiro atoms. The maximum atomic E-state index is 12.5. The molecular formula is C61H115NO5. The number of aliphatic hydroxyl groups is 2. The van der Waals surface area contributed by atoms with E-state index in [9.17, 15) is 19.8 Å². The number of unbranched alkanes of at least 4 members (excludes halogenated alkanes) is 40. The maximum absolute atomic E-state index is 12.5. The summed E-state index contributed by atoms with van der Waals surface area (Å²) in [6, 6.07) is -0.644. The third-order valence-electron chi connectivity index (χ3n) is 13.7. The third-order valence-corrected chi connectivity index (χ3v) is 13.7. The molecule has 0 aliphatic rings. The Hall–Kier alpha value is -1.92. The first kappa shape index (κ1) is 65.1. The van der Waals surface area contributed by atoms with Gasteiger partial charge in [-0.05, 0) is 64.2 Å². The van der Waals surface area contributed by atoms with E-state index in [4.69, 9.17) is 4.74 Å². The van der Waals surface area contributed by atoms with Crippen LogP contribution in [0.1, 0.15) is 316 Å². The van der Waals surface area contributed by atoms with Gasteiger partial charge in [-0.1, -0.05) is 275 Å². The zero-order chi connectivity index (χ0) is 48.6. The second-order valence-corrected chi connectivity index (χ2v) is 20.3. The summed E-state index contributed by atoms with van der Waals surface area (Å²) >= 11 is 0. The van der Waals surface area contributed by atoms with Gasteiger partial charge in [0.05, 0.1) is 25.4 Å². The van der Waals surface area contributed by atoms with Gasteiger partial charge in [-0.2, -0.15) is 0 Å². The second kappa shape index (κ2) is 56.7. The van der Waals surface area contributed by atoms with Gasteiger partial charge in [-0.15, -0.1) is 0 Å². The van der Waals surface area contributed by atoms with Crippen LogP contribution in [0.15, 0.2) is 36.5 Å². The molecule has 0 fully saturated rings. The summed E-state index contributed by atoms with van der Waals surface area (Å²) in [5.74, 6) is -0.108. The van der Waals surface area contributed by atoms with Gasteiger partial charge in [-0.3, -0.25) is 9.59 Å². The Labute approximate surface area is 417 Å². The van der Waals surface area contributed by atoms with Crippen molar-refractivity contribution in [3.63, 3.8) is 0 Å². The van der Waals surface area contributed by atoms with E-state index in [0.29, 0.717) is 19.4 Å². The maximum Gasteiger partial charge on any atom is 0.305 e. The highest BCUT2D eigenvalue weighted by molar-refractivity contribution is 5.76. The number of carbonyl (C=O) groups is 2. The summed E-state index contributed by atoms with van der Waals surface area (Å²) in [6.45, 7) is 4.85. The lowest BCUT2D eigenvalue weighted by molar-refractivity contribution is -0.143. The molecule has 2 unspecified atom stereocenters. The van der Waals surface area contributed by atoms with E-state index in [1.54, 1.807) is 6.08 Å². The Morgan fingerprint density at radius 2 is 0.746 bits per heavy atom. The number of carbonyl (C=O) groups excluding carboxylic acids is 2. The van der Waals surface area contributed by atoms with Crippen LogP contribution in [0.3, 0.4) is 0 Å². The van der Waals surface area contributed by atoms with Crippen molar-refractivity contribution in [1.29, 1.82) is 0 Å². The molecule has 394 valence electrons. The SMILES string of the molecule is CCCCC/C=C\C/C=C\CCCCCCCCCC(=O)OCCCCCCCCCCCCCC(=O)NC(CO)C(O)/C=C/CCCCCCCCCCCCCCCCCCCCCC. The smallest absolute Gasteiger partial charge is 0.305 e. The van der Waals surface area contributed by atoms with E-state index in [-0.39, 0.29) is 18.5 Å². The van der Waals surface area contributed by atoms with Crippen molar-refractivity contribution in [3.8, 4) is 0 Å². The lowest BCUT2D eigenvalue weighted by Gasteiger charge is -2.20. The molecule has 2 atom stereocenters. The molecule has 67 heavy (non-hydrogen) atoms. The minimum Gasteiger partial charge on any atom is -0.466 e. The quantitative estimate of drug-likeness (QED) is 0.0321. The van der Waals surface area contributed by atoms with Crippen LogP contribution in [0.2, 0.25) is 0 Å². The van der Waals surface area contributed by atoms with Crippen LogP contribution in [0.5, 0.6) is 0 Å².